The summed E-state index contributed by atoms with van der Waals surface area (Å²) in [5.41, 5.74) is 1.01. The van der Waals surface area contributed by atoms with Crippen LogP contribution in [0, 0.1) is 0 Å². The van der Waals surface area contributed by atoms with Crippen LogP contribution in [0.3, 0.4) is 0 Å². The molecular weight excluding hydrogens is 440 g/mol. The summed E-state index contributed by atoms with van der Waals surface area (Å²) < 4.78 is 27.2. The van der Waals surface area contributed by atoms with Crippen LogP contribution in [0.25, 0.3) is 0 Å². The van der Waals surface area contributed by atoms with Crippen molar-refractivity contribution in [1.29, 1.82) is 0 Å². The van der Waals surface area contributed by atoms with Gasteiger partial charge in [-0.15, -0.1) is 0 Å². The largest absolute Gasteiger partial charge is 0.336 e. The molecular formula is C21H25ClN4O4S. The number of carbonyl (C=O) groups is 2. The second kappa shape index (κ2) is 9.78. The van der Waals surface area contributed by atoms with Crippen molar-refractivity contribution in [2.45, 2.75) is 17.9 Å². The van der Waals surface area contributed by atoms with Crippen LogP contribution < -0.4 is 10.0 Å². The van der Waals surface area contributed by atoms with Crippen LogP contribution in [0.2, 0.25) is 5.02 Å². The van der Waals surface area contributed by atoms with Crippen molar-refractivity contribution in [3.63, 3.8) is 0 Å². The van der Waals surface area contributed by atoms with Gasteiger partial charge in [0.1, 0.15) is 0 Å². The molecule has 1 fully saturated rings. The Morgan fingerprint density at radius 1 is 0.968 bits per heavy atom. The van der Waals surface area contributed by atoms with Crippen molar-refractivity contribution in [2.24, 2.45) is 0 Å². The number of hydrogen-bond acceptors (Lipinski definition) is 5. The number of nitrogens with one attached hydrogen (secondary N) is 2. The van der Waals surface area contributed by atoms with Gasteiger partial charge in [-0.05, 0) is 62.5 Å². The van der Waals surface area contributed by atoms with Gasteiger partial charge in [-0.3, -0.25) is 9.59 Å². The number of sulfonamides is 1. The summed E-state index contributed by atoms with van der Waals surface area (Å²) in [6, 6.07) is 11.2. The smallest absolute Gasteiger partial charge is 0.253 e. The van der Waals surface area contributed by atoms with Crippen LogP contribution in [-0.4, -0.2) is 69.3 Å². The Morgan fingerprint density at radius 2 is 1.55 bits per heavy atom. The van der Waals surface area contributed by atoms with Crippen LogP contribution >= 0.6 is 11.6 Å². The highest BCUT2D eigenvalue weighted by atomic mass is 35.5. The van der Waals surface area contributed by atoms with Gasteiger partial charge in [0.2, 0.25) is 15.9 Å². The monoisotopic (exact) mass is 464 g/mol. The first-order valence-electron chi connectivity index (χ1n) is 9.82. The number of nitrogens with zero attached hydrogens (tertiary/aromatic N) is 2. The fourth-order valence-corrected chi connectivity index (χ4v) is 4.44. The molecule has 0 aromatic heterocycles. The van der Waals surface area contributed by atoms with Gasteiger partial charge in [-0.2, -0.15) is 4.72 Å². The fourth-order valence-electron chi connectivity index (χ4n) is 3.11. The van der Waals surface area contributed by atoms with E-state index in [2.05, 4.69) is 14.9 Å². The van der Waals surface area contributed by atoms with Crippen molar-refractivity contribution in [1.82, 2.24) is 14.5 Å². The number of hydrogen-bond donors (Lipinski definition) is 2. The highest BCUT2D eigenvalue weighted by Crippen LogP contribution is 2.16. The zero-order valence-electron chi connectivity index (χ0n) is 17.3. The van der Waals surface area contributed by atoms with Gasteiger partial charge in [-0.1, -0.05) is 11.6 Å². The van der Waals surface area contributed by atoms with E-state index in [1.807, 2.05) is 7.05 Å². The number of benzene rings is 2. The van der Waals surface area contributed by atoms with Crippen LogP contribution in [0.5, 0.6) is 0 Å². The van der Waals surface area contributed by atoms with E-state index in [-0.39, 0.29) is 10.8 Å². The Kier molecular flexibility index (Phi) is 7.32. The Hall–Kier alpha value is -2.46. The average molecular weight is 465 g/mol. The normalized spacial score (nSPS) is 16.0. The molecule has 0 unspecified atom stereocenters. The minimum atomic E-state index is -3.87. The van der Waals surface area contributed by atoms with Crippen LogP contribution in [0.15, 0.2) is 53.4 Å². The molecule has 1 aliphatic heterocycles. The van der Waals surface area contributed by atoms with E-state index in [1.165, 1.54) is 31.2 Å². The standard InChI is InChI=1S/C21H25ClN4O4S/c1-15(24-31(29,30)19-9-5-17(22)6-10-19)20(27)23-18-7-3-16(4-8-18)21(28)26-13-11-25(2)12-14-26/h3-10,15,24H,11-14H2,1-2H3,(H,23,27)/t15-/m1/s1. The number of halogens is 1. The maximum atomic E-state index is 12.6. The summed E-state index contributed by atoms with van der Waals surface area (Å²) in [6.07, 6.45) is 0. The number of amides is 2. The molecule has 2 aromatic rings. The molecule has 0 bridgehead atoms. The van der Waals surface area contributed by atoms with Crippen molar-refractivity contribution < 1.29 is 18.0 Å². The number of rotatable bonds is 6. The molecule has 0 spiro atoms. The fraction of sp³-hybridized carbons (Fsp3) is 0.333. The average Bonchev–Trinajstić information content (AvgIpc) is 2.74. The van der Waals surface area contributed by atoms with E-state index in [0.717, 1.165) is 13.1 Å². The number of piperazine rings is 1. The highest BCUT2D eigenvalue weighted by molar-refractivity contribution is 7.89. The molecule has 166 valence electrons. The zero-order valence-corrected chi connectivity index (χ0v) is 18.9. The maximum absolute atomic E-state index is 12.6. The van der Waals surface area contributed by atoms with Crippen LogP contribution in [0.1, 0.15) is 17.3 Å². The molecule has 1 aliphatic rings. The molecule has 0 aliphatic carbocycles. The van der Waals surface area contributed by atoms with Crippen molar-refractivity contribution >= 4 is 39.1 Å². The Balaban J connectivity index is 1.58. The Morgan fingerprint density at radius 3 is 2.13 bits per heavy atom. The molecule has 2 N–H and O–H groups in total. The van der Waals surface area contributed by atoms with Gasteiger partial charge in [0, 0.05) is 42.5 Å². The molecule has 0 radical (unpaired) electrons. The minimum Gasteiger partial charge on any atom is -0.336 e. The zero-order chi connectivity index (χ0) is 22.6. The van der Waals surface area contributed by atoms with Gasteiger partial charge >= 0.3 is 0 Å². The molecule has 0 saturated carbocycles. The third kappa shape index (κ3) is 6.04. The molecule has 1 heterocycles. The molecule has 31 heavy (non-hydrogen) atoms. The first-order chi connectivity index (χ1) is 14.7. The number of anilines is 1. The molecule has 10 heteroatoms. The minimum absolute atomic E-state index is 0.0170. The van der Waals surface area contributed by atoms with Crippen LogP contribution in [-0.2, 0) is 14.8 Å². The molecule has 2 amide bonds. The van der Waals surface area contributed by atoms with E-state index in [1.54, 1.807) is 29.2 Å². The summed E-state index contributed by atoms with van der Waals surface area (Å²) in [6.45, 7) is 4.49. The summed E-state index contributed by atoms with van der Waals surface area (Å²) in [5, 5.41) is 3.07. The number of carbonyl (C=O) groups excluding carboxylic acids is 2. The summed E-state index contributed by atoms with van der Waals surface area (Å²) >= 11 is 5.78. The van der Waals surface area contributed by atoms with Crippen molar-refractivity contribution in [3.8, 4) is 0 Å². The van der Waals surface area contributed by atoms with E-state index < -0.39 is 22.0 Å². The predicted molar refractivity (Wildman–Crippen MR) is 120 cm³/mol. The first kappa shape index (κ1) is 23.2. The van der Waals surface area contributed by atoms with Gasteiger partial charge in [0.25, 0.3) is 5.91 Å². The number of likely N-dealkylation sites (N-methyl/N-ethyl adjacent to an activating group) is 1. The van der Waals surface area contributed by atoms with Gasteiger partial charge in [0.05, 0.1) is 10.9 Å². The van der Waals surface area contributed by atoms with E-state index in [0.29, 0.717) is 29.4 Å². The molecule has 2 aromatic carbocycles. The Bertz CT molecular complexity index is 1030. The summed E-state index contributed by atoms with van der Waals surface area (Å²) in [5.74, 6) is -0.564. The molecule has 1 saturated heterocycles. The molecule has 3 rings (SSSR count). The van der Waals surface area contributed by atoms with Crippen molar-refractivity contribution in [2.75, 3.05) is 38.5 Å². The predicted octanol–water partition coefficient (Wildman–Crippen LogP) is 2.03. The van der Waals surface area contributed by atoms with E-state index in [4.69, 9.17) is 11.6 Å². The lowest BCUT2D eigenvalue weighted by Gasteiger charge is -2.32. The van der Waals surface area contributed by atoms with E-state index in [9.17, 15) is 18.0 Å². The topological polar surface area (TPSA) is 98.8 Å². The van der Waals surface area contributed by atoms with Gasteiger partial charge in [0.15, 0.2) is 0 Å². The quantitative estimate of drug-likeness (QED) is 0.681. The Labute approximate surface area is 187 Å². The van der Waals surface area contributed by atoms with Gasteiger partial charge in [-0.25, -0.2) is 8.42 Å². The lowest BCUT2D eigenvalue weighted by molar-refractivity contribution is -0.117. The molecule has 8 nitrogen and oxygen atoms in total. The first-order valence-corrected chi connectivity index (χ1v) is 11.7. The third-order valence-corrected chi connectivity index (χ3v) is 6.85. The lowest BCUT2D eigenvalue weighted by atomic mass is 10.1. The maximum Gasteiger partial charge on any atom is 0.253 e. The second-order valence-corrected chi connectivity index (χ2v) is 9.61. The van der Waals surface area contributed by atoms with Gasteiger partial charge < -0.3 is 15.1 Å². The summed E-state index contributed by atoms with van der Waals surface area (Å²) in [7, 11) is -1.85. The summed E-state index contributed by atoms with van der Waals surface area (Å²) in [4.78, 5) is 29.0. The van der Waals surface area contributed by atoms with E-state index >= 15 is 0 Å². The highest BCUT2D eigenvalue weighted by Gasteiger charge is 2.23. The SMILES string of the molecule is C[C@@H](NS(=O)(=O)c1ccc(Cl)cc1)C(=O)Nc1ccc(C(=O)N2CCN(C)CC2)cc1. The third-order valence-electron chi connectivity index (χ3n) is 5.04. The molecule has 1 atom stereocenters. The van der Waals surface area contributed by atoms with Crippen molar-refractivity contribution in [3.05, 3.63) is 59.1 Å². The second-order valence-electron chi connectivity index (χ2n) is 7.46. The van der Waals surface area contributed by atoms with Crippen LogP contribution in [0.4, 0.5) is 5.69 Å². The lowest BCUT2D eigenvalue weighted by Crippen LogP contribution is -2.47.